The Morgan fingerprint density at radius 3 is 2.74 bits per heavy atom. The van der Waals surface area contributed by atoms with E-state index >= 15 is 0 Å². The van der Waals surface area contributed by atoms with Crippen LogP contribution in [-0.2, 0) is 5.75 Å². The van der Waals surface area contributed by atoms with Gasteiger partial charge in [-0.15, -0.1) is 15.3 Å². The molecule has 122 valence electrons. The van der Waals surface area contributed by atoms with Crippen LogP contribution < -0.4 is 5.73 Å². The molecular formula is C14H15Cl2N5S2. The zero-order valence-electron chi connectivity index (χ0n) is 12.5. The lowest BCUT2D eigenvalue weighted by Gasteiger charge is -2.11. The molecule has 23 heavy (non-hydrogen) atoms. The van der Waals surface area contributed by atoms with Crippen molar-refractivity contribution in [3.05, 3.63) is 39.6 Å². The summed E-state index contributed by atoms with van der Waals surface area (Å²) in [7, 11) is 0. The van der Waals surface area contributed by atoms with Gasteiger partial charge in [-0.05, 0) is 23.6 Å². The Bertz CT molecular complexity index is 830. The summed E-state index contributed by atoms with van der Waals surface area (Å²) in [6, 6.07) is 5.46. The molecule has 0 saturated heterocycles. The van der Waals surface area contributed by atoms with Crippen LogP contribution in [0.3, 0.4) is 0 Å². The molecule has 1 atom stereocenters. The topological polar surface area (TPSA) is 69.1 Å². The first-order chi connectivity index (χ1) is 11.0. The van der Waals surface area contributed by atoms with Gasteiger partial charge < -0.3 is 5.73 Å². The summed E-state index contributed by atoms with van der Waals surface area (Å²) in [6.07, 6.45) is 0. The summed E-state index contributed by atoms with van der Waals surface area (Å²) < 4.78 is 2.66. The number of thioether (sulfide) groups is 1. The highest BCUT2D eigenvalue weighted by Crippen LogP contribution is 2.31. The summed E-state index contributed by atoms with van der Waals surface area (Å²) in [6.45, 7) is 4.11. The molecule has 0 unspecified atom stereocenters. The van der Waals surface area contributed by atoms with E-state index in [0.29, 0.717) is 15.9 Å². The molecule has 2 N–H and O–H groups in total. The molecule has 0 radical (unpaired) electrons. The number of fused-ring (bicyclic) bond motifs is 1. The van der Waals surface area contributed by atoms with Crippen LogP contribution in [0.25, 0.3) is 4.96 Å². The fourth-order valence-electron chi connectivity index (χ4n) is 1.95. The highest BCUT2D eigenvalue weighted by molar-refractivity contribution is 8.00. The van der Waals surface area contributed by atoms with E-state index in [9.17, 15) is 0 Å². The average molecular weight is 388 g/mol. The normalized spacial score (nSPS) is 13.1. The predicted octanol–water partition coefficient (Wildman–Crippen LogP) is 4.44. The number of nitrogens with two attached hydrogens (primary N) is 1. The Hall–Kier alpha value is -0.860. The van der Waals surface area contributed by atoms with Crippen molar-refractivity contribution in [2.24, 2.45) is 11.7 Å². The lowest BCUT2D eigenvalue weighted by molar-refractivity contribution is 0.479. The molecule has 3 rings (SSSR count). The molecule has 5 nitrogen and oxygen atoms in total. The zero-order chi connectivity index (χ0) is 16.6. The van der Waals surface area contributed by atoms with Gasteiger partial charge in [0.25, 0.3) is 0 Å². The van der Waals surface area contributed by atoms with E-state index in [0.717, 1.165) is 20.6 Å². The Labute approximate surface area is 152 Å². The number of halogens is 2. The van der Waals surface area contributed by atoms with Gasteiger partial charge >= 0.3 is 0 Å². The minimum Gasteiger partial charge on any atom is -0.321 e. The molecule has 2 heterocycles. The highest BCUT2D eigenvalue weighted by Gasteiger charge is 2.20. The molecule has 3 aromatic rings. The van der Waals surface area contributed by atoms with E-state index in [-0.39, 0.29) is 12.0 Å². The SMILES string of the molecule is CC(C)[C@H](N)c1nnc2sc(SCc3ccc(Cl)c(Cl)c3)nn12. The largest absolute Gasteiger partial charge is 0.321 e. The number of hydrogen-bond acceptors (Lipinski definition) is 6. The minimum atomic E-state index is -0.181. The van der Waals surface area contributed by atoms with E-state index in [2.05, 4.69) is 29.1 Å². The molecule has 0 amide bonds. The minimum absolute atomic E-state index is 0.181. The van der Waals surface area contributed by atoms with E-state index in [4.69, 9.17) is 28.9 Å². The molecular weight excluding hydrogens is 373 g/mol. The predicted molar refractivity (Wildman–Crippen MR) is 96.4 cm³/mol. The first kappa shape index (κ1) is 17.0. The van der Waals surface area contributed by atoms with Crippen LogP contribution in [0.4, 0.5) is 0 Å². The van der Waals surface area contributed by atoms with Gasteiger partial charge in [0.05, 0.1) is 16.1 Å². The van der Waals surface area contributed by atoms with Crippen molar-refractivity contribution in [1.82, 2.24) is 19.8 Å². The lowest BCUT2D eigenvalue weighted by Crippen LogP contribution is -2.20. The maximum atomic E-state index is 6.16. The molecule has 0 aliphatic rings. The van der Waals surface area contributed by atoms with Crippen LogP contribution in [0.2, 0.25) is 10.0 Å². The maximum Gasteiger partial charge on any atom is 0.235 e. The molecule has 0 spiro atoms. The molecule has 0 aliphatic carbocycles. The van der Waals surface area contributed by atoms with Gasteiger partial charge in [0, 0.05) is 5.75 Å². The second-order valence-corrected chi connectivity index (χ2v) is 8.42. The van der Waals surface area contributed by atoms with E-state index < -0.39 is 0 Å². The molecule has 0 saturated carbocycles. The van der Waals surface area contributed by atoms with Crippen molar-refractivity contribution in [3.63, 3.8) is 0 Å². The second-order valence-electron chi connectivity index (χ2n) is 5.43. The first-order valence-electron chi connectivity index (χ1n) is 7.00. The standard InChI is InChI=1S/C14H15Cl2N5S2/c1-7(2)11(17)12-18-19-13-21(12)20-14(23-13)22-6-8-3-4-9(15)10(16)5-8/h3-5,7,11H,6,17H2,1-2H3/t11-/m0/s1. The van der Waals surface area contributed by atoms with Gasteiger partial charge in [-0.25, -0.2) is 0 Å². The van der Waals surface area contributed by atoms with E-state index in [1.165, 1.54) is 11.3 Å². The molecule has 1 aromatic carbocycles. The number of benzene rings is 1. The smallest absolute Gasteiger partial charge is 0.235 e. The van der Waals surface area contributed by atoms with E-state index in [1.54, 1.807) is 22.3 Å². The van der Waals surface area contributed by atoms with Crippen LogP contribution in [-0.4, -0.2) is 19.8 Å². The fraction of sp³-hybridized carbons (Fsp3) is 0.357. The highest BCUT2D eigenvalue weighted by atomic mass is 35.5. The van der Waals surface area contributed by atoms with Crippen molar-refractivity contribution in [2.75, 3.05) is 0 Å². The van der Waals surface area contributed by atoms with Crippen LogP contribution >= 0.6 is 46.3 Å². The second kappa shape index (κ2) is 6.94. The molecule has 9 heteroatoms. The van der Waals surface area contributed by atoms with Gasteiger partial charge in [-0.2, -0.15) is 4.52 Å². The molecule has 0 fully saturated rings. The van der Waals surface area contributed by atoms with Gasteiger partial charge in [-0.1, -0.05) is 66.2 Å². The van der Waals surface area contributed by atoms with Crippen LogP contribution in [0.1, 0.15) is 31.3 Å². The third-order valence-corrected chi connectivity index (χ3v) is 6.20. The summed E-state index contributed by atoms with van der Waals surface area (Å²) in [4.78, 5) is 0.757. The van der Waals surface area contributed by atoms with Crippen LogP contribution in [0.15, 0.2) is 22.5 Å². The summed E-state index contributed by atoms with van der Waals surface area (Å²) in [5.74, 6) is 1.73. The van der Waals surface area contributed by atoms with E-state index in [1.807, 2.05) is 12.1 Å². The summed E-state index contributed by atoms with van der Waals surface area (Å²) in [5, 5.41) is 14.0. The van der Waals surface area contributed by atoms with Crippen LogP contribution in [0, 0.1) is 5.92 Å². The Balaban J connectivity index is 1.77. The Morgan fingerprint density at radius 1 is 1.26 bits per heavy atom. The Morgan fingerprint density at radius 2 is 2.04 bits per heavy atom. The van der Waals surface area contributed by atoms with Crippen molar-refractivity contribution in [1.29, 1.82) is 0 Å². The Kier molecular flexibility index (Phi) is 5.13. The number of hydrogen-bond donors (Lipinski definition) is 1. The van der Waals surface area contributed by atoms with Crippen molar-refractivity contribution >= 4 is 51.3 Å². The summed E-state index contributed by atoms with van der Waals surface area (Å²) in [5.41, 5.74) is 7.25. The first-order valence-corrected chi connectivity index (χ1v) is 9.56. The average Bonchev–Trinajstić information content (AvgIpc) is 3.07. The van der Waals surface area contributed by atoms with Crippen molar-refractivity contribution < 1.29 is 0 Å². The fourth-order valence-corrected chi connectivity index (χ4v) is 4.10. The number of nitrogens with zero attached hydrogens (tertiary/aromatic N) is 4. The number of aromatic nitrogens is 4. The number of rotatable bonds is 5. The summed E-state index contributed by atoms with van der Waals surface area (Å²) >= 11 is 15.1. The van der Waals surface area contributed by atoms with Gasteiger partial charge in [0.2, 0.25) is 4.96 Å². The molecule has 2 aromatic heterocycles. The monoisotopic (exact) mass is 387 g/mol. The van der Waals surface area contributed by atoms with Gasteiger partial charge in [0.15, 0.2) is 10.2 Å². The zero-order valence-corrected chi connectivity index (χ0v) is 15.7. The van der Waals surface area contributed by atoms with Crippen molar-refractivity contribution in [2.45, 2.75) is 30.0 Å². The van der Waals surface area contributed by atoms with Gasteiger partial charge in [0.1, 0.15) is 0 Å². The third-order valence-electron chi connectivity index (χ3n) is 3.36. The maximum absolute atomic E-state index is 6.16. The van der Waals surface area contributed by atoms with Crippen LogP contribution in [0.5, 0.6) is 0 Å². The molecule has 0 aliphatic heterocycles. The van der Waals surface area contributed by atoms with Gasteiger partial charge in [-0.3, -0.25) is 0 Å². The third kappa shape index (κ3) is 3.64. The quantitative estimate of drug-likeness (QED) is 0.655. The molecule has 0 bridgehead atoms. The lowest BCUT2D eigenvalue weighted by atomic mass is 10.1. The van der Waals surface area contributed by atoms with Crippen molar-refractivity contribution in [3.8, 4) is 0 Å².